The molecule has 0 spiro atoms. The van der Waals surface area contributed by atoms with Gasteiger partial charge in [-0.2, -0.15) is 0 Å². The predicted octanol–water partition coefficient (Wildman–Crippen LogP) is 4.75. The Hall–Kier alpha value is -2.51. The normalized spacial score (nSPS) is 15.4. The Balaban J connectivity index is 1.53. The van der Waals surface area contributed by atoms with Crippen molar-refractivity contribution in [2.45, 2.75) is 19.8 Å². The van der Waals surface area contributed by atoms with Crippen LogP contribution < -0.4 is 5.32 Å². The average molecular weight is 415 g/mol. The molecular weight excluding hydrogens is 395 g/mol. The van der Waals surface area contributed by atoms with Crippen LogP contribution in [0.25, 0.3) is 6.08 Å². The number of hydrogen-bond acceptors (Lipinski definition) is 4. The molecule has 0 bridgehead atoms. The van der Waals surface area contributed by atoms with Crippen LogP contribution in [0.5, 0.6) is 0 Å². The van der Waals surface area contributed by atoms with Crippen molar-refractivity contribution >= 4 is 51.9 Å². The Labute approximate surface area is 172 Å². The molecule has 0 aromatic heterocycles. The van der Waals surface area contributed by atoms with E-state index in [1.54, 1.807) is 18.2 Å². The van der Waals surface area contributed by atoms with Crippen LogP contribution in [0.2, 0.25) is 0 Å². The van der Waals surface area contributed by atoms with E-state index in [1.807, 2.05) is 31.2 Å². The summed E-state index contributed by atoms with van der Waals surface area (Å²) in [6.07, 6.45) is 2.50. The van der Waals surface area contributed by atoms with Gasteiger partial charge in [0.05, 0.1) is 4.91 Å². The number of thioether (sulfide) groups is 1. The summed E-state index contributed by atoms with van der Waals surface area (Å²) in [5.41, 5.74) is 2.57. The molecule has 1 N–H and O–H groups in total. The fraction of sp³-hybridized carbons (Fsp3) is 0.190. The van der Waals surface area contributed by atoms with E-state index in [0.717, 1.165) is 16.8 Å². The molecule has 1 heterocycles. The van der Waals surface area contributed by atoms with Gasteiger partial charge in [-0.1, -0.05) is 48.2 Å². The summed E-state index contributed by atoms with van der Waals surface area (Å²) in [6.45, 7) is 2.34. The first-order valence-electron chi connectivity index (χ1n) is 8.80. The molecule has 3 rings (SSSR count). The topological polar surface area (TPSA) is 49.4 Å². The molecule has 2 aromatic carbocycles. The summed E-state index contributed by atoms with van der Waals surface area (Å²) < 4.78 is 13.5. The van der Waals surface area contributed by atoms with Crippen molar-refractivity contribution in [2.75, 3.05) is 11.9 Å². The molecule has 0 atom stereocenters. The molecule has 0 saturated carbocycles. The third-order valence-corrected chi connectivity index (χ3v) is 5.51. The van der Waals surface area contributed by atoms with Crippen LogP contribution in [0.1, 0.15) is 24.0 Å². The van der Waals surface area contributed by atoms with Crippen molar-refractivity contribution in [3.63, 3.8) is 0 Å². The fourth-order valence-electron chi connectivity index (χ4n) is 2.75. The highest BCUT2D eigenvalue weighted by molar-refractivity contribution is 8.26. The maximum absolute atomic E-state index is 13.0. The molecule has 2 aromatic rings. The summed E-state index contributed by atoms with van der Waals surface area (Å²) in [7, 11) is 0. The molecule has 2 amide bonds. The van der Waals surface area contributed by atoms with E-state index in [2.05, 4.69) is 5.32 Å². The Morgan fingerprint density at radius 3 is 2.71 bits per heavy atom. The summed E-state index contributed by atoms with van der Waals surface area (Å²) in [4.78, 5) is 26.7. The van der Waals surface area contributed by atoms with Gasteiger partial charge < -0.3 is 5.32 Å². The van der Waals surface area contributed by atoms with E-state index < -0.39 is 0 Å². The number of hydrogen-bond donors (Lipinski definition) is 1. The van der Waals surface area contributed by atoms with Crippen LogP contribution in [0.15, 0.2) is 53.4 Å². The van der Waals surface area contributed by atoms with Crippen LogP contribution in [-0.4, -0.2) is 27.6 Å². The highest BCUT2D eigenvalue weighted by Gasteiger charge is 2.31. The van der Waals surface area contributed by atoms with Crippen LogP contribution in [0, 0.1) is 12.7 Å². The van der Waals surface area contributed by atoms with Crippen molar-refractivity contribution in [3.05, 3.63) is 70.4 Å². The number of anilines is 1. The molecule has 0 aliphatic carbocycles. The third kappa shape index (κ3) is 5.27. The first kappa shape index (κ1) is 20.2. The molecule has 4 nitrogen and oxygen atoms in total. The first-order chi connectivity index (χ1) is 13.4. The lowest BCUT2D eigenvalue weighted by Gasteiger charge is -2.14. The van der Waals surface area contributed by atoms with Crippen molar-refractivity contribution in [3.8, 4) is 0 Å². The number of benzene rings is 2. The first-order valence-corrected chi connectivity index (χ1v) is 10.0. The molecule has 7 heteroatoms. The Morgan fingerprint density at radius 2 is 2.00 bits per heavy atom. The van der Waals surface area contributed by atoms with E-state index in [0.29, 0.717) is 28.6 Å². The number of thiocarbonyl (C=S) groups is 1. The van der Waals surface area contributed by atoms with Crippen LogP contribution in [0.4, 0.5) is 10.1 Å². The van der Waals surface area contributed by atoms with E-state index >= 15 is 0 Å². The number of carbonyl (C=O) groups excluding carboxylic acids is 2. The maximum atomic E-state index is 13.0. The van der Waals surface area contributed by atoms with Gasteiger partial charge in [0.2, 0.25) is 5.91 Å². The molecule has 28 heavy (non-hydrogen) atoms. The quantitative estimate of drug-likeness (QED) is 0.547. The SMILES string of the molecule is Cc1cccc(NC(=O)CCCN2C(=O)/C(=C/c3ccc(F)cc3)SC2=S)c1. The van der Waals surface area contributed by atoms with Gasteiger partial charge in [-0.3, -0.25) is 14.5 Å². The van der Waals surface area contributed by atoms with Gasteiger partial charge >= 0.3 is 0 Å². The zero-order valence-electron chi connectivity index (χ0n) is 15.3. The second kappa shape index (κ2) is 9.12. The van der Waals surface area contributed by atoms with E-state index in [4.69, 9.17) is 12.2 Å². The molecule has 1 saturated heterocycles. The zero-order chi connectivity index (χ0) is 20.1. The van der Waals surface area contributed by atoms with Crippen LogP contribution in [-0.2, 0) is 9.59 Å². The van der Waals surface area contributed by atoms with Crippen molar-refractivity contribution in [1.29, 1.82) is 0 Å². The second-order valence-electron chi connectivity index (χ2n) is 6.41. The third-order valence-electron chi connectivity index (χ3n) is 4.13. The van der Waals surface area contributed by atoms with Crippen molar-refractivity contribution in [1.82, 2.24) is 4.90 Å². The number of amides is 2. The van der Waals surface area contributed by atoms with E-state index in [1.165, 1.54) is 28.8 Å². The van der Waals surface area contributed by atoms with Gasteiger partial charge in [-0.25, -0.2) is 4.39 Å². The molecule has 144 valence electrons. The monoisotopic (exact) mass is 414 g/mol. The lowest BCUT2D eigenvalue weighted by molar-refractivity contribution is -0.122. The minimum Gasteiger partial charge on any atom is -0.326 e. The fourth-order valence-corrected chi connectivity index (χ4v) is 4.06. The average Bonchev–Trinajstić information content (AvgIpc) is 2.91. The van der Waals surface area contributed by atoms with Crippen LogP contribution in [0.3, 0.4) is 0 Å². The largest absolute Gasteiger partial charge is 0.326 e. The standard InChI is InChI=1S/C21H19FN2O2S2/c1-14-4-2-5-17(12-14)23-19(25)6-3-11-24-20(26)18(28-21(24)27)13-15-7-9-16(22)10-8-15/h2,4-5,7-10,12-13H,3,6,11H2,1H3,(H,23,25)/b18-13-. The van der Waals surface area contributed by atoms with Gasteiger partial charge in [-0.05, 0) is 54.8 Å². The van der Waals surface area contributed by atoms with Gasteiger partial charge in [-0.15, -0.1) is 0 Å². The minimum absolute atomic E-state index is 0.0992. The number of carbonyl (C=O) groups is 2. The molecule has 1 aliphatic rings. The van der Waals surface area contributed by atoms with E-state index in [9.17, 15) is 14.0 Å². The molecular formula is C21H19FN2O2S2. The van der Waals surface area contributed by atoms with Gasteiger partial charge in [0, 0.05) is 18.7 Å². The van der Waals surface area contributed by atoms with Gasteiger partial charge in [0.1, 0.15) is 10.1 Å². The highest BCUT2D eigenvalue weighted by Crippen LogP contribution is 2.32. The molecule has 0 radical (unpaired) electrons. The molecule has 1 fully saturated rings. The van der Waals surface area contributed by atoms with Gasteiger partial charge in [0.25, 0.3) is 5.91 Å². The minimum atomic E-state index is -0.325. The number of nitrogens with one attached hydrogen (secondary N) is 1. The summed E-state index contributed by atoms with van der Waals surface area (Å²) in [5, 5.41) is 2.85. The van der Waals surface area contributed by atoms with Gasteiger partial charge in [0.15, 0.2) is 0 Å². The zero-order valence-corrected chi connectivity index (χ0v) is 16.9. The Kier molecular flexibility index (Phi) is 6.59. The highest BCUT2D eigenvalue weighted by atomic mass is 32.2. The Bertz CT molecular complexity index is 942. The summed E-state index contributed by atoms with van der Waals surface area (Å²) in [6, 6.07) is 13.5. The number of nitrogens with zero attached hydrogens (tertiary/aromatic N) is 1. The maximum Gasteiger partial charge on any atom is 0.266 e. The van der Waals surface area contributed by atoms with Crippen molar-refractivity contribution in [2.24, 2.45) is 0 Å². The smallest absolute Gasteiger partial charge is 0.266 e. The number of rotatable bonds is 6. The molecule has 0 unspecified atom stereocenters. The molecule has 1 aliphatic heterocycles. The summed E-state index contributed by atoms with van der Waals surface area (Å²) >= 11 is 6.52. The van der Waals surface area contributed by atoms with Crippen molar-refractivity contribution < 1.29 is 14.0 Å². The second-order valence-corrected chi connectivity index (χ2v) is 8.08. The van der Waals surface area contributed by atoms with E-state index in [-0.39, 0.29) is 17.6 Å². The lowest BCUT2D eigenvalue weighted by atomic mass is 10.2. The Morgan fingerprint density at radius 1 is 1.25 bits per heavy atom. The predicted molar refractivity (Wildman–Crippen MR) is 115 cm³/mol. The van der Waals surface area contributed by atoms with Crippen LogP contribution >= 0.6 is 24.0 Å². The number of halogens is 1. The summed E-state index contributed by atoms with van der Waals surface area (Å²) in [5.74, 6) is -0.607. The lowest BCUT2D eigenvalue weighted by Crippen LogP contribution is -2.29. The number of aryl methyl sites for hydroxylation is 1.